The average molecular weight is 214 g/mol. The van der Waals surface area contributed by atoms with Crippen LogP contribution < -0.4 is 0 Å². The van der Waals surface area contributed by atoms with E-state index in [0.29, 0.717) is 12.7 Å². The molecule has 0 bridgehead atoms. The lowest BCUT2D eigenvalue weighted by Crippen LogP contribution is -2.12. The maximum atomic E-state index is 10.8. The summed E-state index contributed by atoms with van der Waals surface area (Å²) in [6.07, 6.45) is 0. The fraction of sp³-hybridized carbons (Fsp3) is 0.500. The van der Waals surface area contributed by atoms with E-state index >= 15 is 0 Å². The second-order valence-corrected chi connectivity index (χ2v) is 3.51. The minimum Gasteiger partial charge on any atom is -0.459 e. The number of nitriles is 1. The summed E-state index contributed by atoms with van der Waals surface area (Å²) in [6.45, 7) is 3.94. The van der Waals surface area contributed by atoms with Crippen molar-refractivity contribution in [2.24, 2.45) is 0 Å². The van der Waals surface area contributed by atoms with Gasteiger partial charge in [-0.1, -0.05) is 6.58 Å². The van der Waals surface area contributed by atoms with Crippen LogP contribution >= 0.6 is 0 Å². The molecule has 0 spiro atoms. The van der Waals surface area contributed by atoms with Crippen molar-refractivity contribution in [3.8, 4) is 6.07 Å². The first kappa shape index (κ1) is 12.8. The van der Waals surface area contributed by atoms with Gasteiger partial charge in [0.05, 0.1) is 6.61 Å². The molecule has 0 atom stereocenters. The van der Waals surface area contributed by atoms with Gasteiger partial charge in [0.2, 0.25) is 9.76 Å². The summed E-state index contributed by atoms with van der Waals surface area (Å²) in [7, 11) is -1.19. The molecule has 0 aromatic rings. The first-order chi connectivity index (χ1) is 6.72. The topological polar surface area (TPSA) is 79.2 Å². The van der Waals surface area contributed by atoms with E-state index in [1.807, 2.05) is 0 Å². The fourth-order valence-corrected chi connectivity index (χ4v) is 0.911. The Balaban J connectivity index is 3.33. The van der Waals surface area contributed by atoms with E-state index in [2.05, 4.69) is 11.3 Å². The van der Waals surface area contributed by atoms with Crippen molar-refractivity contribution >= 4 is 15.7 Å². The Bertz CT molecular complexity index is 236. The Morgan fingerprint density at radius 3 is 2.71 bits per heavy atom. The molecule has 0 aliphatic rings. The van der Waals surface area contributed by atoms with Crippen LogP contribution in [0, 0.1) is 11.3 Å². The van der Waals surface area contributed by atoms with Gasteiger partial charge in [0.15, 0.2) is 0 Å². The third-order valence-corrected chi connectivity index (χ3v) is 1.85. The highest BCUT2D eigenvalue weighted by Gasteiger charge is 2.06. The molecule has 14 heavy (non-hydrogen) atoms. The maximum Gasteiger partial charge on any atom is 0.348 e. The van der Waals surface area contributed by atoms with E-state index in [-0.39, 0.29) is 18.8 Å². The third kappa shape index (κ3) is 6.36. The molecule has 5 nitrogen and oxygen atoms in total. The SMILES string of the molecule is C=C(C#N)C(=O)OCCOCC[SiH2][O]. The van der Waals surface area contributed by atoms with Crippen LogP contribution in [0.2, 0.25) is 6.04 Å². The van der Waals surface area contributed by atoms with Gasteiger partial charge in [-0.05, 0) is 6.04 Å². The Morgan fingerprint density at radius 2 is 2.14 bits per heavy atom. The summed E-state index contributed by atoms with van der Waals surface area (Å²) < 4.78 is 9.60. The Hall–Kier alpha value is -1.16. The lowest BCUT2D eigenvalue weighted by Gasteiger charge is -2.03. The molecule has 0 aliphatic heterocycles. The highest BCUT2D eigenvalue weighted by molar-refractivity contribution is 6.24. The van der Waals surface area contributed by atoms with Crippen molar-refractivity contribution in [1.29, 1.82) is 5.26 Å². The van der Waals surface area contributed by atoms with Gasteiger partial charge >= 0.3 is 5.97 Å². The van der Waals surface area contributed by atoms with Crippen LogP contribution in [0.4, 0.5) is 0 Å². The molecule has 1 radical (unpaired) electrons. The molecule has 77 valence electrons. The van der Waals surface area contributed by atoms with Gasteiger partial charge in [-0.3, -0.25) is 0 Å². The smallest absolute Gasteiger partial charge is 0.348 e. The zero-order valence-corrected chi connectivity index (χ0v) is 9.24. The molecule has 0 aromatic carbocycles. The van der Waals surface area contributed by atoms with E-state index in [1.54, 1.807) is 6.07 Å². The average Bonchev–Trinajstić information content (AvgIpc) is 2.21. The summed E-state index contributed by atoms with van der Waals surface area (Å²) in [5.41, 5.74) is -0.225. The van der Waals surface area contributed by atoms with Gasteiger partial charge in [-0.15, -0.1) is 0 Å². The quantitative estimate of drug-likeness (QED) is 0.189. The van der Waals surface area contributed by atoms with Crippen molar-refractivity contribution in [1.82, 2.24) is 0 Å². The minimum atomic E-state index is -1.19. The number of rotatable bonds is 7. The number of hydrogen-bond acceptors (Lipinski definition) is 4. The number of nitrogens with zero attached hydrogens (tertiary/aromatic N) is 1. The Morgan fingerprint density at radius 1 is 1.43 bits per heavy atom. The highest BCUT2D eigenvalue weighted by atomic mass is 28.2. The van der Waals surface area contributed by atoms with Crippen molar-refractivity contribution < 1.29 is 19.1 Å². The molecule has 0 saturated heterocycles. The van der Waals surface area contributed by atoms with Crippen molar-refractivity contribution in [2.75, 3.05) is 19.8 Å². The van der Waals surface area contributed by atoms with Gasteiger partial charge in [0.1, 0.15) is 18.2 Å². The minimum absolute atomic E-state index is 0.0833. The molecule has 0 unspecified atom stereocenters. The number of carbonyl (C=O) groups excluding carboxylic acids is 1. The fourth-order valence-electron chi connectivity index (χ4n) is 0.589. The monoisotopic (exact) mass is 214 g/mol. The van der Waals surface area contributed by atoms with E-state index in [9.17, 15) is 9.59 Å². The van der Waals surface area contributed by atoms with Gasteiger partial charge in [-0.25, -0.2) is 4.79 Å². The second kappa shape index (κ2) is 8.44. The molecule has 0 saturated carbocycles. The van der Waals surface area contributed by atoms with E-state index in [1.165, 1.54) is 0 Å². The number of hydrogen-bond donors (Lipinski definition) is 0. The van der Waals surface area contributed by atoms with Gasteiger partial charge < -0.3 is 14.3 Å². The van der Waals surface area contributed by atoms with Crippen LogP contribution in [-0.2, 0) is 19.1 Å². The predicted octanol–water partition coefficient (Wildman–Crippen LogP) is -0.441. The van der Waals surface area contributed by atoms with Gasteiger partial charge in [0.25, 0.3) is 0 Å². The van der Waals surface area contributed by atoms with Crippen LogP contribution in [0.3, 0.4) is 0 Å². The van der Waals surface area contributed by atoms with Crippen LogP contribution in [0.1, 0.15) is 0 Å². The highest BCUT2D eigenvalue weighted by Crippen LogP contribution is 1.92. The summed E-state index contributed by atoms with van der Waals surface area (Å²) in [4.78, 5) is 20.9. The van der Waals surface area contributed by atoms with Crippen LogP contribution in [0.15, 0.2) is 12.2 Å². The molecular formula is C8H12NO4Si. The number of ether oxygens (including phenoxy) is 2. The van der Waals surface area contributed by atoms with Gasteiger partial charge in [0, 0.05) is 6.61 Å². The van der Waals surface area contributed by atoms with E-state index in [4.69, 9.17) is 10.00 Å². The normalized spacial score (nSPS) is 10.0. The lowest BCUT2D eigenvalue weighted by molar-refractivity contribution is -0.140. The number of carbonyl (C=O) groups is 1. The van der Waals surface area contributed by atoms with Crippen LogP contribution in [0.5, 0.6) is 0 Å². The summed E-state index contributed by atoms with van der Waals surface area (Å²) >= 11 is 0. The molecule has 0 amide bonds. The van der Waals surface area contributed by atoms with E-state index in [0.717, 1.165) is 0 Å². The third-order valence-electron chi connectivity index (χ3n) is 1.28. The first-order valence-corrected chi connectivity index (χ1v) is 5.72. The first-order valence-electron chi connectivity index (χ1n) is 4.14. The largest absolute Gasteiger partial charge is 0.459 e. The predicted molar refractivity (Wildman–Crippen MR) is 50.6 cm³/mol. The molecule has 0 rings (SSSR count). The second-order valence-electron chi connectivity index (χ2n) is 2.40. The molecule has 6 heteroatoms. The molecule has 0 heterocycles. The van der Waals surface area contributed by atoms with Gasteiger partial charge in [-0.2, -0.15) is 5.26 Å². The zero-order chi connectivity index (χ0) is 10.8. The molecular weight excluding hydrogens is 202 g/mol. The standard InChI is InChI=1S/C8H12NO4Si/c1-7(6-9)8(10)13-3-2-12-4-5-14-11/h1-5,14H2. The summed E-state index contributed by atoms with van der Waals surface area (Å²) in [5.74, 6) is -0.728. The summed E-state index contributed by atoms with van der Waals surface area (Å²) in [6, 6.07) is 2.16. The van der Waals surface area contributed by atoms with Crippen LogP contribution in [0.25, 0.3) is 0 Å². The zero-order valence-electron chi connectivity index (χ0n) is 7.82. The maximum absolute atomic E-state index is 10.8. The molecule has 0 N–H and O–H groups in total. The Kier molecular flexibility index (Phi) is 7.73. The van der Waals surface area contributed by atoms with Crippen LogP contribution in [-0.4, -0.2) is 35.6 Å². The van der Waals surface area contributed by atoms with Crippen molar-refractivity contribution in [3.05, 3.63) is 12.2 Å². The lowest BCUT2D eigenvalue weighted by atomic mass is 10.3. The van der Waals surface area contributed by atoms with E-state index < -0.39 is 15.7 Å². The molecule has 0 fully saturated rings. The van der Waals surface area contributed by atoms with Crippen molar-refractivity contribution in [2.45, 2.75) is 6.04 Å². The Labute approximate surface area is 84.9 Å². The van der Waals surface area contributed by atoms with Crippen molar-refractivity contribution in [3.63, 3.8) is 0 Å². The molecule has 0 aliphatic carbocycles. The number of esters is 1. The summed E-state index contributed by atoms with van der Waals surface area (Å²) in [5, 5.41) is 8.27. The molecule has 0 aromatic heterocycles.